The van der Waals surface area contributed by atoms with Gasteiger partial charge in [0.25, 0.3) is 0 Å². The number of hydrogen-bond donors (Lipinski definition) is 1. The molecule has 0 amide bonds. The van der Waals surface area contributed by atoms with E-state index in [1.165, 1.54) is 32.1 Å². The summed E-state index contributed by atoms with van der Waals surface area (Å²) in [5, 5.41) is 8.30. The number of aromatic nitrogens is 2. The van der Waals surface area contributed by atoms with Crippen molar-refractivity contribution in [2.75, 3.05) is 6.61 Å². The Morgan fingerprint density at radius 2 is 1.81 bits per heavy atom. The average molecular weight is 240 g/mol. The van der Waals surface area contributed by atoms with Crippen LogP contribution in [0.25, 0.3) is 0 Å². The van der Waals surface area contributed by atoms with Gasteiger partial charge in [0, 0.05) is 6.07 Å². The first kappa shape index (κ1) is 13.3. The maximum atomic E-state index is 5.46. The van der Waals surface area contributed by atoms with E-state index in [1.807, 2.05) is 0 Å². The van der Waals surface area contributed by atoms with Crippen LogP contribution in [-0.2, 0) is 0 Å². The standard InChI is InChI=1S/C12H20N2OS/c1-2-3-4-5-6-7-10-15-11-8-9-12(16)14-13-11/h8-9H,2-7,10H2,1H3,(H,14,16). The molecule has 0 saturated carbocycles. The van der Waals surface area contributed by atoms with Crippen molar-refractivity contribution in [3.8, 4) is 5.88 Å². The minimum Gasteiger partial charge on any atom is -0.477 e. The van der Waals surface area contributed by atoms with Crippen LogP contribution in [0, 0.1) is 0 Å². The van der Waals surface area contributed by atoms with E-state index in [0.717, 1.165) is 13.0 Å². The van der Waals surface area contributed by atoms with Gasteiger partial charge in [-0.25, -0.2) is 0 Å². The number of unbranched alkanes of at least 4 members (excludes halogenated alkanes) is 5. The van der Waals surface area contributed by atoms with Crippen molar-refractivity contribution < 1.29 is 4.74 Å². The van der Waals surface area contributed by atoms with E-state index in [0.29, 0.717) is 10.9 Å². The SMILES string of the molecule is CCCCCCCCOc1ccc(S)nn1. The van der Waals surface area contributed by atoms with Gasteiger partial charge in [0.15, 0.2) is 0 Å². The Kier molecular flexibility index (Phi) is 6.97. The van der Waals surface area contributed by atoms with Gasteiger partial charge in [0.1, 0.15) is 5.03 Å². The van der Waals surface area contributed by atoms with Crippen LogP contribution >= 0.6 is 12.6 Å². The van der Waals surface area contributed by atoms with E-state index < -0.39 is 0 Å². The number of ether oxygens (including phenoxy) is 1. The summed E-state index contributed by atoms with van der Waals surface area (Å²) in [6, 6.07) is 3.58. The minimum atomic E-state index is 0.589. The second kappa shape index (κ2) is 8.39. The van der Waals surface area contributed by atoms with Crippen LogP contribution in [0.2, 0.25) is 0 Å². The van der Waals surface area contributed by atoms with E-state index >= 15 is 0 Å². The zero-order chi connectivity index (χ0) is 11.6. The first-order valence-corrected chi connectivity index (χ1v) is 6.43. The second-order valence-corrected chi connectivity index (χ2v) is 4.30. The highest BCUT2D eigenvalue weighted by Gasteiger charge is 1.96. The van der Waals surface area contributed by atoms with E-state index in [-0.39, 0.29) is 0 Å². The maximum absolute atomic E-state index is 5.46. The van der Waals surface area contributed by atoms with Crippen LogP contribution in [0.4, 0.5) is 0 Å². The quantitative estimate of drug-likeness (QED) is 0.558. The molecule has 0 aliphatic heterocycles. The van der Waals surface area contributed by atoms with Crippen LogP contribution in [0.5, 0.6) is 5.88 Å². The van der Waals surface area contributed by atoms with Gasteiger partial charge in [-0.15, -0.1) is 22.8 Å². The molecule has 0 spiro atoms. The highest BCUT2D eigenvalue weighted by molar-refractivity contribution is 7.80. The van der Waals surface area contributed by atoms with Crippen LogP contribution in [0.3, 0.4) is 0 Å². The Hall–Kier alpha value is -0.770. The zero-order valence-electron chi connectivity index (χ0n) is 9.85. The molecule has 0 aliphatic rings. The lowest BCUT2D eigenvalue weighted by molar-refractivity contribution is 0.289. The topological polar surface area (TPSA) is 35.0 Å². The summed E-state index contributed by atoms with van der Waals surface area (Å²) in [7, 11) is 0. The van der Waals surface area contributed by atoms with E-state index in [9.17, 15) is 0 Å². The second-order valence-electron chi connectivity index (χ2n) is 3.85. The number of rotatable bonds is 8. The van der Waals surface area contributed by atoms with Crippen LogP contribution in [0.15, 0.2) is 17.2 Å². The largest absolute Gasteiger partial charge is 0.477 e. The Morgan fingerprint density at radius 1 is 1.06 bits per heavy atom. The fourth-order valence-corrected chi connectivity index (χ4v) is 1.57. The molecule has 1 heterocycles. The molecule has 3 nitrogen and oxygen atoms in total. The van der Waals surface area contributed by atoms with E-state index in [4.69, 9.17) is 4.74 Å². The molecule has 0 unspecified atom stereocenters. The van der Waals surface area contributed by atoms with Crippen molar-refractivity contribution in [3.63, 3.8) is 0 Å². The molecule has 0 aromatic carbocycles. The fraction of sp³-hybridized carbons (Fsp3) is 0.667. The van der Waals surface area contributed by atoms with Crippen molar-refractivity contribution >= 4 is 12.6 Å². The van der Waals surface area contributed by atoms with Crippen molar-refractivity contribution in [2.24, 2.45) is 0 Å². The molecule has 0 radical (unpaired) electrons. The third-order valence-electron chi connectivity index (χ3n) is 2.37. The van der Waals surface area contributed by atoms with Crippen molar-refractivity contribution in [2.45, 2.75) is 50.5 Å². The lowest BCUT2D eigenvalue weighted by atomic mass is 10.1. The Bertz CT molecular complexity index is 277. The van der Waals surface area contributed by atoms with E-state index in [2.05, 4.69) is 29.7 Å². The van der Waals surface area contributed by atoms with Gasteiger partial charge >= 0.3 is 0 Å². The number of thiol groups is 1. The smallest absolute Gasteiger partial charge is 0.233 e. The predicted octanol–water partition coefficient (Wildman–Crippen LogP) is 3.50. The third kappa shape index (κ3) is 5.95. The molecular weight excluding hydrogens is 220 g/mol. The van der Waals surface area contributed by atoms with Crippen LogP contribution in [-0.4, -0.2) is 16.8 Å². The molecule has 1 aromatic rings. The number of hydrogen-bond acceptors (Lipinski definition) is 4. The molecule has 0 N–H and O–H groups in total. The van der Waals surface area contributed by atoms with E-state index in [1.54, 1.807) is 12.1 Å². The Morgan fingerprint density at radius 3 is 2.50 bits per heavy atom. The summed E-state index contributed by atoms with van der Waals surface area (Å²) in [4.78, 5) is 0. The molecule has 0 bridgehead atoms. The average Bonchev–Trinajstić information content (AvgIpc) is 2.30. The fourth-order valence-electron chi connectivity index (χ4n) is 1.45. The first-order valence-electron chi connectivity index (χ1n) is 5.98. The van der Waals surface area contributed by atoms with Gasteiger partial charge in [0.2, 0.25) is 5.88 Å². The third-order valence-corrected chi connectivity index (χ3v) is 2.61. The molecular formula is C12H20N2OS. The van der Waals surface area contributed by atoms with Gasteiger partial charge in [-0.05, 0) is 12.5 Å². The highest BCUT2D eigenvalue weighted by Crippen LogP contribution is 2.09. The van der Waals surface area contributed by atoms with Crippen molar-refractivity contribution in [3.05, 3.63) is 12.1 Å². The predicted molar refractivity (Wildman–Crippen MR) is 68.2 cm³/mol. The van der Waals surface area contributed by atoms with Crippen molar-refractivity contribution in [1.82, 2.24) is 10.2 Å². The summed E-state index contributed by atoms with van der Waals surface area (Å²) in [5.74, 6) is 0.589. The molecule has 0 atom stereocenters. The molecule has 4 heteroatoms. The molecule has 1 aromatic heterocycles. The van der Waals surface area contributed by atoms with Gasteiger partial charge in [-0.2, -0.15) is 0 Å². The molecule has 0 aliphatic carbocycles. The lowest BCUT2D eigenvalue weighted by Gasteiger charge is -2.04. The van der Waals surface area contributed by atoms with Gasteiger partial charge in [0.05, 0.1) is 6.61 Å². The first-order chi connectivity index (χ1) is 7.83. The van der Waals surface area contributed by atoms with Gasteiger partial charge < -0.3 is 4.74 Å². The maximum Gasteiger partial charge on any atom is 0.233 e. The molecule has 90 valence electrons. The summed E-state index contributed by atoms with van der Waals surface area (Å²) < 4.78 is 5.46. The lowest BCUT2D eigenvalue weighted by Crippen LogP contribution is -2.00. The monoisotopic (exact) mass is 240 g/mol. The summed E-state index contributed by atoms with van der Waals surface area (Å²) in [6.07, 6.45) is 7.60. The minimum absolute atomic E-state index is 0.589. The molecule has 0 fully saturated rings. The van der Waals surface area contributed by atoms with Gasteiger partial charge in [-0.1, -0.05) is 39.0 Å². The Balaban J connectivity index is 2.01. The number of nitrogens with zero attached hydrogens (tertiary/aromatic N) is 2. The Labute approximate surface area is 103 Å². The summed E-state index contributed by atoms with van der Waals surface area (Å²) in [5.41, 5.74) is 0. The van der Waals surface area contributed by atoms with Crippen LogP contribution < -0.4 is 4.74 Å². The van der Waals surface area contributed by atoms with Gasteiger partial charge in [-0.3, -0.25) is 0 Å². The zero-order valence-corrected chi connectivity index (χ0v) is 10.7. The molecule has 0 saturated heterocycles. The molecule has 16 heavy (non-hydrogen) atoms. The van der Waals surface area contributed by atoms with Crippen molar-refractivity contribution in [1.29, 1.82) is 0 Å². The van der Waals surface area contributed by atoms with Crippen LogP contribution in [0.1, 0.15) is 45.4 Å². The normalized spacial score (nSPS) is 10.4. The highest BCUT2D eigenvalue weighted by atomic mass is 32.1. The summed E-state index contributed by atoms with van der Waals surface area (Å²) in [6.45, 7) is 2.96. The summed E-state index contributed by atoms with van der Waals surface area (Å²) >= 11 is 4.06. The molecule has 1 rings (SSSR count).